The Labute approximate surface area is 150 Å². The van der Waals surface area contributed by atoms with Crippen LogP contribution in [0.5, 0.6) is 0 Å². The number of primary sulfonamides is 1. The van der Waals surface area contributed by atoms with E-state index in [1.807, 2.05) is 0 Å². The van der Waals surface area contributed by atoms with Gasteiger partial charge < -0.3 is 13.8 Å². The first-order valence-corrected chi connectivity index (χ1v) is 10.7. The van der Waals surface area contributed by atoms with E-state index in [2.05, 4.69) is 15.3 Å². The second kappa shape index (κ2) is 7.73. The fourth-order valence-corrected chi connectivity index (χ4v) is 5.84. The minimum Gasteiger partial charge on any atom is -0.383 e. The molecule has 10 heteroatoms. The van der Waals surface area contributed by atoms with Gasteiger partial charge in [-0.3, -0.25) is 4.90 Å². The molecule has 2 aliphatic rings. The smallest absolute Gasteiger partial charge is 0.247 e. The number of fused-ring (bicyclic) bond motifs is 1. The van der Waals surface area contributed by atoms with Crippen molar-refractivity contribution in [1.29, 1.82) is 0 Å². The van der Waals surface area contributed by atoms with Crippen molar-refractivity contribution in [3.05, 3.63) is 17.3 Å². The molecule has 1 aromatic heterocycles. The summed E-state index contributed by atoms with van der Waals surface area (Å²) in [6.45, 7) is 5.45. The number of hydrogen-bond acceptors (Lipinski definition) is 8. The predicted octanol–water partition coefficient (Wildman–Crippen LogP) is 1.04. The van der Waals surface area contributed by atoms with Crippen molar-refractivity contribution in [3.8, 4) is 0 Å². The Morgan fingerprint density at radius 1 is 1.38 bits per heavy atom. The Bertz CT molecular complexity index is 711. The van der Waals surface area contributed by atoms with E-state index in [-0.39, 0.29) is 4.21 Å². The topological polar surface area (TPSA) is 85.1 Å². The average Bonchev–Trinajstić information content (AvgIpc) is 2.97. The quantitative estimate of drug-likeness (QED) is 0.725. The van der Waals surface area contributed by atoms with Crippen molar-refractivity contribution < 1.29 is 17.9 Å². The third-order valence-corrected chi connectivity index (χ3v) is 7.68. The molecular weight excluding hydrogens is 370 g/mol. The monoisotopic (exact) mass is 391 g/mol. The van der Waals surface area contributed by atoms with Gasteiger partial charge in [-0.05, 0) is 24.1 Å². The van der Waals surface area contributed by atoms with Crippen LogP contribution in [0.15, 0.2) is 20.2 Å². The first-order valence-electron chi connectivity index (χ1n) is 7.59. The summed E-state index contributed by atoms with van der Waals surface area (Å²) >= 11 is 2.77. The van der Waals surface area contributed by atoms with Crippen molar-refractivity contribution >= 4 is 39.4 Å². The van der Waals surface area contributed by atoms with Crippen LogP contribution in [-0.4, -0.2) is 70.7 Å². The highest BCUT2D eigenvalue weighted by atomic mass is 32.3. The van der Waals surface area contributed by atoms with Gasteiger partial charge in [0.05, 0.1) is 30.6 Å². The highest BCUT2D eigenvalue weighted by Crippen LogP contribution is 2.42. The Balaban J connectivity index is 1.84. The van der Waals surface area contributed by atoms with Crippen molar-refractivity contribution in [1.82, 2.24) is 9.21 Å². The van der Waals surface area contributed by atoms with Gasteiger partial charge in [0, 0.05) is 38.0 Å². The molecule has 0 radical (unpaired) electrons. The second-order valence-electron chi connectivity index (χ2n) is 5.56. The lowest BCUT2D eigenvalue weighted by Gasteiger charge is -2.34. The highest BCUT2D eigenvalue weighted by Gasteiger charge is 2.25. The number of morpholine rings is 1. The fourth-order valence-electron chi connectivity index (χ4n) is 2.56. The van der Waals surface area contributed by atoms with Gasteiger partial charge in [-0.2, -0.15) is 0 Å². The minimum atomic E-state index is -3.67. The zero-order valence-corrected chi connectivity index (χ0v) is 15.9. The van der Waals surface area contributed by atoms with Crippen molar-refractivity contribution in [2.24, 2.45) is 5.14 Å². The summed E-state index contributed by atoms with van der Waals surface area (Å²) in [5, 5.41) is 5.26. The summed E-state index contributed by atoms with van der Waals surface area (Å²) in [6, 6.07) is 1.66. The van der Waals surface area contributed by atoms with Gasteiger partial charge in [-0.1, -0.05) is 0 Å². The number of sulfonamides is 1. The number of nitrogens with two attached hydrogens (primary N) is 1. The zero-order valence-electron chi connectivity index (χ0n) is 13.4. The summed E-state index contributed by atoms with van der Waals surface area (Å²) in [5.41, 5.74) is 2.07. The molecule has 0 atom stereocenters. The average molecular weight is 392 g/mol. The Morgan fingerprint density at radius 2 is 2.12 bits per heavy atom. The summed E-state index contributed by atoms with van der Waals surface area (Å²) in [6.07, 6.45) is 2.06. The maximum atomic E-state index is 11.6. The molecule has 0 aromatic carbocycles. The maximum absolute atomic E-state index is 11.6. The van der Waals surface area contributed by atoms with E-state index in [9.17, 15) is 8.42 Å². The van der Waals surface area contributed by atoms with Crippen molar-refractivity contribution in [2.45, 2.75) is 8.42 Å². The van der Waals surface area contributed by atoms with Crippen LogP contribution in [0.3, 0.4) is 0 Å². The molecule has 0 aliphatic carbocycles. The Hall–Kier alpha value is -0.620. The molecule has 0 spiro atoms. The largest absolute Gasteiger partial charge is 0.383 e. The van der Waals surface area contributed by atoms with Gasteiger partial charge in [0.2, 0.25) is 10.0 Å². The first-order chi connectivity index (χ1) is 11.5. The minimum absolute atomic E-state index is 0.204. The molecular formula is C14H21N3O4S3. The molecule has 134 valence electrons. The van der Waals surface area contributed by atoms with Crippen LogP contribution < -0.4 is 5.14 Å². The lowest BCUT2D eigenvalue weighted by Crippen LogP contribution is -2.40. The third kappa shape index (κ3) is 4.31. The maximum Gasteiger partial charge on any atom is 0.247 e. The summed E-state index contributed by atoms with van der Waals surface area (Å²) in [4.78, 5) is 2.34. The van der Waals surface area contributed by atoms with Gasteiger partial charge in [0.25, 0.3) is 0 Å². The molecule has 0 saturated carbocycles. The second-order valence-corrected chi connectivity index (χ2v) is 9.69. The molecule has 2 N–H and O–H groups in total. The number of ether oxygens (including phenoxy) is 2. The van der Waals surface area contributed by atoms with E-state index in [4.69, 9.17) is 14.6 Å². The Kier molecular flexibility index (Phi) is 5.85. The first kappa shape index (κ1) is 18.2. The molecule has 1 fully saturated rings. The fraction of sp³-hybridized carbons (Fsp3) is 0.571. The molecule has 2 aliphatic heterocycles. The molecule has 1 saturated heterocycles. The molecule has 7 nitrogen and oxygen atoms in total. The van der Waals surface area contributed by atoms with Gasteiger partial charge >= 0.3 is 0 Å². The number of nitrogens with zero attached hydrogens (tertiary/aromatic N) is 2. The van der Waals surface area contributed by atoms with Gasteiger partial charge in [0.15, 0.2) is 0 Å². The summed E-state index contributed by atoms with van der Waals surface area (Å²) in [7, 11) is -1.99. The van der Waals surface area contributed by atoms with Crippen LogP contribution in [0.1, 0.15) is 5.56 Å². The molecule has 3 rings (SSSR count). The van der Waals surface area contributed by atoms with Crippen LogP contribution in [0, 0.1) is 0 Å². The normalized spacial score (nSPS) is 19.2. The third-order valence-electron chi connectivity index (χ3n) is 3.81. The van der Waals surface area contributed by atoms with Crippen LogP contribution >= 0.6 is 23.3 Å². The van der Waals surface area contributed by atoms with Gasteiger partial charge in [-0.25, -0.2) is 13.6 Å². The standard InChI is InChI=1S/C14H21N3O4S3/c1-20-5-4-17-12(10-16-2-6-21-7-3-16)8-11-9-13(24(15,18)19)22-14(11)23-17/h8-9H,2-7,10H2,1H3,(H2,15,18,19). The Morgan fingerprint density at radius 3 is 2.79 bits per heavy atom. The van der Waals surface area contributed by atoms with Crippen molar-refractivity contribution in [3.63, 3.8) is 0 Å². The number of hydrogen-bond donors (Lipinski definition) is 1. The summed E-state index contributed by atoms with van der Waals surface area (Å²) in [5.74, 6) is 0. The van der Waals surface area contributed by atoms with Crippen LogP contribution in [0.2, 0.25) is 0 Å². The summed E-state index contributed by atoms with van der Waals surface area (Å²) < 4.78 is 37.1. The molecule has 0 bridgehead atoms. The lowest BCUT2D eigenvalue weighted by atomic mass is 10.2. The van der Waals surface area contributed by atoms with E-state index in [0.29, 0.717) is 6.61 Å². The van der Waals surface area contributed by atoms with E-state index < -0.39 is 10.0 Å². The van der Waals surface area contributed by atoms with Crippen LogP contribution in [0.25, 0.3) is 6.08 Å². The number of thiophene rings is 1. The molecule has 0 unspecified atom stereocenters. The van der Waals surface area contributed by atoms with Gasteiger partial charge in [0.1, 0.15) is 4.21 Å². The van der Waals surface area contributed by atoms with E-state index in [1.165, 1.54) is 11.3 Å². The molecule has 0 amide bonds. The van der Waals surface area contributed by atoms with E-state index in [0.717, 1.165) is 54.9 Å². The SMILES string of the molecule is COCCN1Sc2sc(S(N)(=O)=O)cc2C=C1CN1CCOCC1. The lowest BCUT2D eigenvalue weighted by molar-refractivity contribution is 0.0405. The van der Waals surface area contributed by atoms with Crippen molar-refractivity contribution in [2.75, 3.05) is 53.1 Å². The van der Waals surface area contributed by atoms with Crippen LogP contribution in [0.4, 0.5) is 0 Å². The van der Waals surface area contributed by atoms with Crippen LogP contribution in [-0.2, 0) is 19.5 Å². The number of methoxy groups -OCH3 is 1. The van der Waals surface area contributed by atoms with E-state index >= 15 is 0 Å². The van der Waals surface area contributed by atoms with E-state index in [1.54, 1.807) is 25.1 Å². The highest BCUT2D eigenvalue weighted by molar-refractivity contribution is 7.99. The zero-order chi connectivity index (χ0) is 17.2. The molecule has 1 aromatic rings. The molecule has 3 heterocycles. The number of rotatable bonds is 6. The van der Waals surface area contributed by atoms with Gasteiger partial charge in [-0.15, -0.1) is 11.3 Å². The molecule has 24 heavy (non-hydrogen) atoms. The predicted molar refractivity (Wildman–Crippen MR) is 95.4 cm³/mol.